The number of aryl methyl sites for hydroxylation is 2. The van der Waals surface area contributed by atoms with Crippen LogP contribution in [0.25, 0.3) is 0 Å². The number of hydrogen-bond donors (Lipinski definition) is 1. The summed E-state index contributed by atoms with van der Waals surface area (Å²) < 4.78 is 0. The Bertz CT molecular complexity index is 307. The molecule has 2 N–H and O–H groups in total. The molecule has 3 heteroatoms. The number of nitrogens with two attached hydrogens (primary N) is 1. The number of rotatable bonds is 2. The van der Waals surface area contributed by atoms with E-state index >= 15 is 0 Å². The van der Waals surface area contributed by atoms with Crippen LogP contribution in [0.15, 0.2) is 0 Å². The van der Waals surface area contributed by atoms with Gasteiger partial charge in [-0.2, -0.15) is 0 Å². The van der Waals surface area contributed by atoms with Crippen LogP contribution in [0.3, 0.4) is 0 Å². The first-order chi connectivity index (χ1) is 7.18. The first-order valence-corrected chi connectivity index (χ1v) is 6.74. The summed E-state index contributed by atoms with van der Waals surface area (Å²) in [5, 5.41) is 1.15. The van der Waals surface area contributed by atoms with E-state index in [0.29, 0.717) is 5.92 Å². The summed E-state index contributed by atoms with van der Waals surface area (Å²) in [5.41, 5.74) is 7.47. The van der Waals surface area contributed by atoms with Crippen LogP contribution in [-0.4, -0.2) is 4.98 Å². The number of nitrogens with zero attached hydrogens (tertiary/aromatic N) is 1. The highest BCUT2D eigenvalue weighted by Crippen LogP contribution is 2.30. The van der Waals surface area contributed by atoms with Crippen molar-refractivity contribution in [1.82, 2.24) is 4.98 Å². The first kappa shape index (κ1) is 11.1. The molecule has 1 heterocycles. The number of hydrogen-bond acceptors (Lipinski definition) is 3. The molecule has 2 rings (SSSR count). The van der Waals surface area contributed by atoms with E-state index in [1.165, 1.54) is 36.3 Å². The van der Waals surface area contributed by atoms with Crippen LogP contribution in [0.2, 0.25) is 0 Å². The fourth-order valence-corrected chi connectivity index (χ4v) is 3.30. The molecule has 1 aliphatic rings. The molecule has 1 atom stereocenters. The van der Waals surface area contributed by atoms with Gasteiger partial charge in [-0.3, -0.25) is 0 Å². The van der Waals surface area contributed by atoms with Crippen LogP contribution in [0.4, 0.5) is 0 Å². The molecular weight excluding hydrogens is 204 g/mol. The second kappa shape index (κ2) is 4.62. The van der Waals surface area contributed by atoms with Crippen molar-refractivity contribution in [2.45, 2.75) is 52.0 Å². The van der Waals surface area contributed by atoms with E-state index < -0.39 is 0 Å². The summed E-state index contributed by atoms with van der Waals surface area (Å²) in [7, 11) is 0. The van der Waals surface area contributed by atoms with Crippen molar-refractivity contribution >= 4 is 11.3 Å². The quantitative estimate of drug-likeness (QED) is 0.784. The third-order valence-corrected chi connectivity index (χ3v) is 4.37. The Labute approximate surface area is 95.9 Å². The summed E-state index contributed by atoms with van der Waals surface area (Å²) in [6.45, 7) is 4.33. The number of fused-ring (bicyclic) bond motifs is 1. The maximum absolute atomic E-state index is 6.14. The van der Waals surface area contributed by atoms with Crippen molar-refractivity contribution in [1.29, 1.82) is 0 Å². The number of thiazole rings is 1. The standard InChI is InChI=1S/C12H20N2S/c1-8(2)11(13)12-14-9-6-4-3-5-7-10(9)15-12/h8,11H,3-7,13H2,1-2H3. The van der Waals surface area contributed by atoms with Gasteiger partial charge in [0.1, 0.15) is 5.01 Å². The van der Waals surface area contributed by atoms with Gasteiger partial charge >= 0.3 is 0 Å². The van der Waals surface area contributed by atoms with Crippen molar-refractivity contribution in [2.75, 3.05) is 0 Å². The van der Waals surface area contributed by atoms with Crippen LogP contribution in [0.5, 0.6) is 0 Å². The number of aromatic nitrogens is 1. The van der Waals surface area contributed by atoms with Gasteiger partial charge in [-0.15, -0.1) is 11.3 Å². The average Bonchev–Trinajstić information content (AvgIpc) is 2.49. The molecule has 0 radical (unpaired) electrons. The Morgan fingerprint density at radius 3 is 2.67 bits per heavy atom. The third-order valence-electron chi connectivity index (χ3n) is 3.12. The lowest BCUT2D eigenvalue weighted by Gasteiger charge is -2.11. The zero-order valence-corrected chi connectivity index (χ0v) is 10.4. The fraction of sp³-hybridized carbons (Fsp3) is 0.750. The van der Waals surface area contributed by atoms with E-state index in [9.17, 15) is 0 Å². The van der Waals surface area contributed by atoms with Crippen molar-refractivity contribution < 1.29 is 0 Å². The maximum atomic E-state index is 6.14. The van der Waals surface area contributed by atoms with Gasteiger partial charge in [0.05, 0.1) is 11.7 Å². The Hall–Kier alpha value is -0.410. The van der Waals surface area contributed by atoms with Crippen molar-refractivity contribution in [3.05, 3.63) is 15.6 Å². The molecule has 2 nitrogen and oxygen atoms in total. The van der Waals surface area contributed by atoms with E-state index in [-0.39, 0.29) is 6.04 Å². The highest BCUT2D eigenvalue weighted by molar-refractivity contribution is 7.11. The van der Waals surface area contributed by atoms with Crippen LogP contribution < -0.4 is 5.73 Å². The highest BCUT2D eigenvalue weighted by Gasteiger charge is 2.19. The summed E-state index contributed by atoms with van der Waals surface area (Å²) in [6, 6.07) is 0.127. The zero-order chi connectivity index (χ0) is 10.8. The molecule has 1 aromatic heterocycles. The molecule has 0 aliphatic heterocycles. The van der Waals surface area contributed by atoms with Crippen molar-refractivity contribution in [3.8, 4) is 0 Å². The normalized spacial score (nSPS) is 18.7. The molecule has 0 aromatic carbocycles. The zero-order valence-electron chi connectivity index (χ0n) is 9.62. The van der Waals surface area contributed by atoms with E-state index in [4.69, 9.17) is 10.7 Å². The molecule has 0 fully saturated rings. The molecule has 0 saturated heterocycles. The first-order valence-electron chi connectivity index (χ1n) is 5.92. The average molecular weight is 224 g/mol. The Morgan fingerprint density at radius 2 is 1.93 bits per heavy atom. The molecule has 15 heavy (non-hydrogen) atoms. The molecule has 0 spiro atoms. The lowest BCUT2D eigenvalue weighted by atomic mass is 10.1. The molecule has 0 bridgehead atoms. The van der Waals surface area contributed by atoms with Gasteiger partial charge in [0, 0.05) is 4.88 Å². The van der Waals surface area contributed by atoms with Gasteiger partial charge in [-0.25, -0.2) is 4.98 Å². The lowest BCUT2D eigenvalue weighted by Crippen LogP contribution is -2.16. The highest BCUT2D eigenvalue weighted by atomic mass is 32.1. The molecular formula is C12H20N2S. The third kappa shape index (κ3) is 2.40. The van der Waals surface area contributed by atoms with Gasteiger partial charge in [0.2, 0.25) is 0 Å². The van der Waals surface area contributed by atoms with Gasteiger partial charge < -0.3 is 5.73 Å². The summed E-state index contributed by atoms with van der Waals surface area (Å²) in [6.07, 6.45) is 6.36. The van der Waals surface area contributed by atoms with Crippen LogP contribution in [0, 0.1) is 5.92 Å². The molecule has 0 saturated carbocycles. The smallest absolute Gasteiger partial charge is 0.110 e. The second-order valence-corrected chi connectivity index (χ2v) is 5.87. The molecule has 1 aromatic rings. The Kier molecular flexibility index (Phi) is 3.42. The predicted molar refractivity (Wildman–Crippen MR) is 65.1 cm³/mol. The van der Waals surface area contributed by atoms with Gasteiger partial charge in [-0.05, 0) is 31.6 Å². The largest absolute Gasteiger partial charge is 0.322 e. The topological polar surface area (TPSA) is 38.9 Å². The van der Waals surface area contributed by atoms with Crippen molar-refractivity contribution in [2.24, 2.45) is 11.7 Å². The maximum Gasteiger partial charge on any atom is 0.110 e. The fourth-order valence-electron chi connectivity index (χ4n) is 1.98. The van der Waals surface area contributed by atoms with E-state index in [1.54, 1.807) is 0 Å². The van der Waals surface area contributed by atoms with E-state index in [0.717, 1.165) is 11.4 Å². The Morgan fingerprint density at radius 1 is 1.20 bits per heavy atom. The van der Waals surface area contributed by atoms with Gasteiger partial charge in [-0.1, -0.05) is 20.3 Å². The molecule has 84 valence electrons. The summed E-state index contributed by atoms with van der Waals surface area (Å²) in [5.74, 6) is 0.486. The summed E-state index contributed by atoms with van der Waals surface area (Å²) >= 11 is 1.85. The molecule has 0 amide bonds. The van der Waals surface area contributed by atoms with E-state index in [2.05, 4.69) is 13.8 Å². The van der Waals surface area contributed by atoms with Crippen LogP contribution in [0.1, 0.15) is 54.7 Å². The van der Waals surface area contributed by atoms with E-state index in [1.807, 2.05) is 11.3 Å². The molecule has 1 unspecified atom stereocenters. The SMILES string of the molecule is CC(C)C(N)c1nc2c(s1)CCCCC2. The van der Waals surface area contributed by atoms with Gasteiger partial charge in [0.15, 0.2) is 0 Å². The van der Waals surface area contributed by atoms with Crippen LogP contribution in [-0.2, 0) is 12.8 Å². The molecule has 1 aliphatic carbocycles. The van der Waals surface area contributed by atoms with Crippen LogP contribution >= 0.6 is 11.3 Å². The lowest BCUT2D eigenvalue weighted by molar-refractivity contribution is 0.511. The monoisotopic (exact) mass is 224 g/mol. The minimum absolute atomic E-state index is 0.127. The van der Waals surface area contributed by atoms with Gasteiger partial charge in [0.25, 0.3) is 0 Å². The Balaban J connectivity index is 2.21. The summed E-state index contributed by atoms with van der Waals surface area (Å²) in [4.78, 5) is 6.22. The minimum atomic E-state index is 0.127. The minimum Gasteiger partial charge on any atom is -0.322 e. The predicted octanol–water partition coefficient (Wildman–Crippen LogP) is 3.07. The second-order valence-electron chi connectivity index (χ2n) is 4.75. The van der Waals surface area contributed by atoms with Crippen molar-refractivity contribution in [3.63, 3.8) is 0 Å².